The van der Waals surface area contributed by atoms with E-state index in [1.165, 1.54) is 10.4 Å². The Kier molecular flexibility index (Phi) is 3.66. The molecule has 0 saturated carbocycles. The van der Waals surface area contributed by atoms with Gasteiger partial charge in [0, 0.05) is 18.0 Å². The minimum atomic E-state index is 0.144. The van der Waals surface area contributed by atoms with Crippen molar-refractivity contribution in [3.8, 4) is 0 Å². The molecule has 0 bridgehead atoms. The molecule has 1 aliphatic heterocycles. The lowest BCUT2D eigenvalue weighted by Gasteiger charge is -2.22. The second-order valence-electron chi connectivity index (χ2n) is 3.51. The number of nitrogens with one attached hydrogen (secondary N) is 2. The highest BCUT2D eigenvalue weighted by Gasteiger charge is 2.17. The molecule has 15 heavy (non-hydrogen) atoms. The Morgan fingerprint density at radius 3 is 3.13 bits per heavy atom. The SMILES string of the molecule is Cc1ccsc1CNC1CNC(=O)CS1. The highest BCUT2D eigenvalue weighted by molar-refractivity contribution is 8.00. The fraction of sp³-hybridized carbons (Fsp3) is 0.500. The zero-order chi connectivity index (χ0) is 10.7. The quantitative estimate of drug-likeness (QED) is 0.840. The molecule has 2 heterocycles. The summed E-state index contributed by atoms with van der Waals surface area (Å²) in [5, 5.41) is 8.77. The molecular formula is C10H14N2OS2. The summed E-state index contributed by atoms with van der Waals surface area (Å²) < 4.78 is 0. The van der Waals surface area contributed by atoms with Crippen molar-refractivity contribution in [2.45, 2.75) is 18.8 Å². The summed E-state index contributed by atoms with van der Waals surface area (Å²) >= 11 is 3.46. The molecule has 1 saturated heterocycles. The number of thioether (sulfide) groups is 1. The van der Waals surface area contributed by atoms with E-state index in [9.17, 15) is 4.79 Å². The highest BCUT2D eigenvalue weighted by atomic mass is 32.2. The molecule has 2 rings (SSSR count). The Hall–Kier alpha value is -0.520. The Labute approximate surface area is 97.6 Å². The van der Waals surface area contributed by atoms with Crippen molar-refractivity contribution >= 4 is 29.0 Å². The summed E-state index contributed by atoms with van der Waals surface area (Å²) in [7, 11) is 0. The average molecular weight is 242 g/mol. The summed E-state index contributed by atoms with van der Waals surface area (Å²) in [4.78, 5) is 12.3. The van der Waals surface area contributed by atoms with E-state index < -0.39 is 0 Å². The molecule has 1 fully saturated rings. The Bertz CT molecular complexity index is 341. The van der Waals surface area contributed by atoms with E-state index >= 15 is 0 Å². The van der Waals surface area contributed by atoms with Crippen molar-refractivity contribution < 1.29 is 4.79 Å². The standard InChI is InChI=1S/C10H14N2OS2/c1-7-2-3-14-8(7)4-12-10-5-11-9(13)6-15-10/h2-3,10,12H,4-6H2,1H3,(H,11,13). The number of rotatable bonds is 3. The second-order valence-corrected chi connectivity index (χ2v) is 5.70. The highest BCUT2D eigenvalue weighted by Crippen LogP contribution is 2.17. The normalized spacial score (nSPS) is 21.4. The van der Waals surface area contributed by atoms with Crippen molar-refractivity contribution in [2.75, 3.05) is 12.3 Å². The van der Waals surface area contributed by atoms with Crippen molar-refractivity contribution in [1.29, 1.82) is 0 Å². The first kappa shape index (κ1) is 11.0. The fourth-order valence-corrected chi connectivity index (χ4v) is 3.13. The van der Waals surface area contributed by atoms with Gasteiger partial charge in [0.1, 0.15) is 0 Å². The van der Waals surface area contributed by atoms with Crippen LogP contribution in [-0.4, -0.2) is 23.6 Å². The third kappa shape index (κ3) is 2.96. The lowest BCUT2D eigenvalue weighted by molar-refractivity contribution is -0.118. The zero-order valence-electron chi connectivity index (χ0n) is 8.58. The summed E-state index contributed by atoms with van der Waals surface area (Å²) in [6, 6.07) is 2.14. The largest absolute Gasteiger partial charge is 0.353 e. The van der Waals surface area contributed by atoms with Gasteiger partial charge in [-0.1, -0.05) is 0 Å². The number of hydrogen-bond acceptors (Lipinski definition) is 4. The summed E-state index contributed by atoms with van der Waals surface area (Å²) in [6.45, 7) is 3.76. The summed E-state index contributed by atoms with van der Waals surface area (Å²) in [5.74, 6) is 0.714. The van der Waals surface area contributed by atoms with Crippen LogP contribution in [0.1, 0.15) is 10.4 Å². The Balaban J connectivity index is 1.79. The van der Waals surface area contributed by atoms with Crippen LogP contribution in [0.3, 0.4) is 0 Å². The van der Waals surface area contributed by atoms with Crippen LogP contribution in [0.4, 0.5) is 0 Å². The van der Waals surface area contributed by atoms with E-state index in [1.54, 1.807) is 23.1 Å². The van der Waals surface area contributed by atoms with Gasteiger partial charge in [-0.3, -0.25) is 10.1 Å². The number of hydrogen-bond donors (Lipinski definition) is 2. The molecular weight excluding hydrogens is 228 g/mol. The predicted molar refractivity (Wildman–Crippen MR) is 65.2 cm³/mol. The molecule has 1 aromatic heterocycles. The average Bonchev–Trinajstić information content (AvgIpc) is 2.63. The van der Waals surface area contributed by atoms with Gasteiger partial charge >= 0.3 is 0 Å². The van der Waals surface area contributed by atoms with E-state index in [0.717, 1.165) is 13.1 Å². The van der Waals surface area contributed by atoms with Crippen LogP contribution in [0.15, 0.2) is 11.4 Å². The molecule has 1 atom stereocenters. The van der Waals surface area contributed by atoms with Gasteiger partial charge in [0.25, 0.3) is 0 Å². The molecule has 5 heteroatoms. The van der Waals surface area contributed by atoms with E-state index in [2.05, 4.69) is 29.0 Å². The Morgan fingerprint density at radius 2 is 2.53 bits per heavy atom. The maximum absolute atomic E-state index is 10.9. The molecule has 3 nitrogen and oxygen atoms in total. The molecule has 0 aromatic carbocycles. The van der Waals surface area contributed by atoms with Crippen molar-refractivity contribution in [3.63, 3.8) is 0 Å². The lowest BCUT2D eigenvalue weighted by Crippen LogP contribution is -2.44. The number of carbonyl (C=O) groups is 1. The van der Waals surface area contributed by atoms with Crippen molar-refractivity contribution in [3.05, 3.63) is 21.9 Å². The van der Waals surface area contributed by atoms with Gasteiger partial charge in [-0.15, -0.1) is 23.1 Å². The molecule has 0 radical (unpaired) electrons. The van der Waals surface area contributed by atoms with Crippen LogP contribution in [0, 0.1) is 6.92 Å². The first-order valence-electron chi connectivity index (χ1n) is 4.90. The van der Waals surface area contributed by atoms with Crippen LogP contribution in [0.2, 0.25) is 0 Å². The minimum Gasteiger partial charge on any atom is -0.353 e. The molecule has 0 spiro atoms. The number of carbonyl (C=O) groups excluding carboxylic acids is 1. The molecule has 1 aromatic rings. The van der Waals surface area contributed by atoms with Crippen LogP contribution >= 0.6 is 23.1 Å². The monoisotopic (exact) mass is 242 g/mol. The molecule has 0 aliphatic carbocycles. The topological polar surface area (TPSA) is 41.1 Å². The maximum atomic E-state index is 10.9. The fourth-order valence-electron chi connectivity index (χ4n) is 1.42. The number of aryl methyl sites for hydroxylation is 1. The number of amides is 1. The van der Waals surface area contributed by atoms with Crippen LogP contribution in [-0.2, 0) is 11.3 Å². The van der Waals surface area contributed by atoms with Gasteiger partial charge < -0.3 is 5.32 Å². The second kappa shape index (κ2) is 5.01. The van der Waals surface area contributed by atoms with E-state index in [0.29, 0.717) is 11.1 Å². The van der Waals surface area contributed by atoms with Gasteiger partial charge in [0.05, 0.1) is 11.1 Å². The van der Waals surface area contributed by atoms with Gasteiger partial charge in [-0.05, 0) is 23.9 Å². The molecule has 1 unspecified atom stereocenters. The van der Waals surface area contributed by atoms with Gasteiger partial charge in [-0.2, -0.15) is 0 Å². The summed E-state index contributed by atoms with van der Waals surface area (Å²) in [6.07, 6.45) is 0. The minimum absolute atomic E-state index is 0.144. The first-order valence-corrected chi connectivity index (χ1v) is 6.83. The van der Waals surface area contributed by atoms with Crippen LogP contribution in [0.25, 0.3) is 0 Å². The van der Waals surface area contributed by atoms with Gasteiger partial charge in [-0.25, -0.2) is 0 Å². The zero-order valence-corrected chi connectivity index (χ0v) is 10.2. The lowest BCUT2D eigenvalue weighted by atomic mass is 10.3. The third-order valence-electron chi connectivity index (χ3n) is 2.36. The van der Waals surface area contributed by atoms with E-state index in [4.69, 9.17) is 0 Å². The van der Waals surface area contributed by atoms with Gasteiger partial charge in [0.15, 0.2) is 0 Å². The van der Waals surface area contributed by atoms with Crippen molar-refractivity contribution in [2.24, 2.45) is 0 Å². The molecule has 2 N–H and O–H groups in total. The first-order chi connectivity index (χ1) is 7.25. The third-order valence-corrected chi connectivity index (χ3v) is 4.55. The van der Waals surface area contributed by atoms with Gasteiger partial charge in [0.2, 0.25) is 5.91 Å². The summed E-state index contributed by atoms with van der Waals surface area (Å²) in [5.41, 5.74) is 1.34. The van der Waals surface area contributed by atoms with E-state index in [1.807, 2.05) is 0 Å². The molecule has 1 amide bonds. The maximum Gasteiger partial charge on any atom is 0.230 e. The smallest absolute Gasteiger partial charge is 0.230 e. The Morgan fingerprint density at radius 1 is 1.67 bits per heavy atom. The van der Waals surface area contributed by atoms with E-state index in [-0.39, 0.29) is 5.91 Å². The number of thiophene rings is 1. The van der Waals surface area contributed by atoms with Crippen LogP contribution in [0.5, 0.6) is 0 Å². The van der Waals surface area contributed by atoms with Crippen molar-refractivity contribution in [1.82, 2.24) is 10.6 Å². The predicted octanol–water partition coefficient (Wildman–Crippen LogP) is 1.34. The molecule has 1 aliphatic rings. The van der Waals surface area contributed by atoms with Crippen LogP contribution < -0.4 is 10.6 Å². The molecule has 82 valence electrons.